The third kappa shape index (κ3) is 7.84. The molecule has 0 amide bonds. The molecule has 3 rings (SSSR count). The van der Waals surface area contributed by atoms with E-state index in [-0.39, 0.29) is 36.5 Å². The van der Waals surface area contributed by atoms with Crippen LogP contribution >= 0.6 is 23.7 Å². The topological polar surface area (TPSA) is 94.3 Å². The molecule has 0 spiro atoms. The van der Waals surface area contributed by atoms with Crippen LogP contribution in [0.5, 0.6) is 5.88 Å². The Morgan fingerprint density at radius 3 is 2.76 bits per heavy atom. The van der Waals surface area contributed by atoms with E-state index in [1.54, 1.807) is 12.4 Å². The van der Waals surface area contributed by atoms with Crippen LogP contribution in [0.4, 0.5) is 14.6 Å². The number of hydrogen-bond acceptors (Lipinski definition) is 9. The van der Waals surface area contributed by atoms with Crippen LogP contribution in [0.25, 0.3) is 0 Å². The lowest BCUT2D eigenvalue weighted by atomic mass is 10.2. The predicted molar refractivity (Wildman–Crippen MR) is 123 cm³/mol. The number of hydrogen-bond donors (Lipinski definition) is 2. The second kappa shape index (κ2) is 12.2. The number of nitrogens with zero attached hydrogens (tertiary/aromatic N) is 4. The Kier molecular flexibility index (Phi) is 9.30. The monoisotopic (exact) mass is 497 g/mol. The number of ether oxygens (including phenoxy) is 2. The van der Waals surface area contributed by atoms with Gasteiger partial charge in [0, 0.05) is 42.6 Å². The maximum atomic E-state index is 14.0. The molecule has 2 heterocycles. The molecule has 1 aromatic carbocycles. The highest BCUT2D eigenvalue weighted by Gasteiger charge is 2.16. The molecular formula is C21H25F2N5O3S2. The summed E-state index contributed by atoms with van der Waals surface area (Å²) < 4.78 is 43.8. The van der Waals surface area contributed by atoms with Crippen LogP contribution in [0, 0.1) is 11.6 Å². The Morgan fingerprint density at radius 2 is 2.06 bits per heavy atom. The minimum Gasteiger partial charge on any atom is -0.469 e. The van der Waals surface area contributed by atoms with Gasteiger partial charge in [-0.1, -0.05) is 23.9 Å². The highest BCUT2D eigenvalue weighted by atomic mass is 32.2. The number of aliphatic hydroxyl groups is 1. The second-order valence-corrected chi connectivity index (χ2v) is 9.03. The Hall–Kier alpha value is -2.41. The van der Waals surface area contributed by atoms with Crippen LogP contribution in [0.2, 0.25) is 0 Å². The van der Waals surface area contributed by atoms with Crippen LogP contribution < -0.4 is 9.46 Å². The first-order valence-electron chi connectivity index (χ1n) is 10.1. The van der Waals surface area contributed by atoms with Gasteiger partial charge in [-0.05, 0) is 19.9 Å². The van der Waals surface area contributed by atoms with Crippen LogP contribution in [0.1, 0.15) is 19.4 Å². The van der Waals surface area contributed by atoms with Gasteiger partial charge in [-0.2, -0.15) is 4.98 Å². The first-order chi connectivity index (χ1) is 15.8. The summed E-state index contributed by atoms with van der Waals surface area (Å²) in [7, 11) is 1.86. The largest absolute Gasteiger partial charge is 0.469 e. The zero-order valence-electron chi connectivity index (χ0n) is 18.4. The van der Waals surface area contributed by atoms with Gasteiger partial charge in [-0.15, -0.1) is 0 Å². The van der Waals surface area contributed by atoms with Crippen LogP contribution in [-0.2, 0) is 17.5 Å². The Bertz CT molecular complexity index is 1050. The highest BCUT2D eigenvalue weighted by molar-refractivity contribution is 8.00. The normalized spacial score (nSPS) is 12.2. The molecule has 8 nitrogen and oxygen atoms in total. The maximum absolute atomic E-state index is 14.0. The lowest BCUT2D eigenvalue weighted by Gasteiger charge is -2.18. The Labute approximate surface area is 199 Å². The van der Waals surface area contributed by atoms with Gasteiger partial charge in [0.25, 0.3) is 0 Å². The van der Waals surface area contributed by atoms with Crippen molar-refractivity contribution in [1.82, 2.24) is 19.5 Å². The third-order valence-corrected chi connectivity index (χ3v) is 5.75. The van der Waals surface area contributed by atoms with E-state index in [0.29, 0.717) is 11.0 Å². The SMILES string of the molecule is CC(C)OC[C@H](CO)Oc1cc(NSc2cn(C)cn2)nc(SCc2cccc(F)c2F)n1. The number of anilines is 1. The summed E-state index contributed by atoms with van der Waals surface area (Å²) in [6.07, 6.45) is 2.86. The number of aryl methyl sites for hydroxylation is 1. The molecule has 0 aliphatic heterocycles. The number of aromatic nitrogens is 4. The fraction of sp³-hybridized carbons (Fsp3) is 0.381. The summed E-state index contributed by atoms with van der Waals surface area (Å²) in [4.78, 5) is 13.0. The molecule has 12 heteroatoms. The van der Waals surface area contributed by atoms with Crippen molar-refractivity contribution in [2.45, 2.75) is 42.0 Å². The van der Waals surface area contributed by atoms with Crippen molar-refractivity contribution in [3.05, 3.63) is 54.0 Å². The van der Waals surface area contributed by atoms with Crippen LogP contribution in [0.15, 0.2) is 47.0 Å². The number of thioether (sulfide) groups is 1. The number of benzene rings is 1. The molecule has 0 aliphatic rings. The zero-order chi connectivity index (χ0) is 23.8. The summed E-state index contributed by atoms with van der Waals surface area (Å²) in [6.45, 7) is 3.69. The maximum Gasteiger partial charge on any atom is 0.219 e. The molecule has 0 radical (unpaired) electrons. The number of nitrogens with one attached hydrogen (secondary N) is 1. The molecular weight excluding hydrogens is 472 g/mol. The Balaban J connectivity index is 1.77. The molecule has 0 saturated carbocycles. The fourth-order valence-corrected chi connectivity index (χ4v) is 3.98. The summed E-state index contributed by atoms with van der Waals surface area (Å²) in [5.41, 5.74) is 0.200. The molecule has 0 bridgehead atoms. The van der Waals surface area contributed by atoms with E-state index >= 15 is 0 Å². The van der Waals surface area contributed by atoms with Crippen molar-refractivity contribution in [2.75, 3.05) is 17.9 Å². The zero-order valence-corrected chi connectivity index (χ0v) is 20.0. The van der Waals surface area contributed by atoms with Gasteiger partial charge in [0.1, 0.15) is 16.9 Å². The molecule has 3 aromatic rings. The lowest BCUT2D eigenvalue weighted by Crippen LogP contribution is -2.29. The molecule has 0 aliphatic carbocycles. The number of imidazole rings is 1. The Morgan fingerprint density at radius 1 is 1.24 bits per heavy atom. The fourth-order valence-electron chi connectivity index (χ4n) is 2.52. The van der Waals surface area contributed by atoms with E-state index in [2.05, 4.69) is 19.7 Å². The van der Waals surface area contributed by atoms with Gasteiger partial charge < -0.3 is 23.9 Å². The third-order valence-electron chi connectivity index (χ3n) is 4.12. The molecule has 178 valence electrons. The van der Waals surface area contributed by atoms with Crippen molar-refractivity contribution in [1.29, 1.82) is 0 Å². The lowest BCUT2D eigenvalue weighted by molar-refractivity contribution is -0.00714. The van der Waals surface area contributed by atoms with Crippen molar-refractivity contribution in [2.24, 2.45) is 7.05 Å². The second-order valence-electron chi connectivity index (χ2n) is 7.26. The van der Waals surface area contributed by atoms with E-state index in [4.69, 9.17) is 9.47 Å². The quantitative estimate of drug-likeness (QED) is 0.218. The first-order valence-corrected chi connectivity index (χ1v) is 11.9. The van der Waals surface area contributed by atoms with Gasteiger partial charge in [-0.25, -0.2) is 18.7 Å². The molecule has 0 fully saturated rings. The molecule has 0 saturated heterocycles. The molecule has 2 aromatic heterocycles. The van der Waals surface area contributed by atoms with Gasteiger partial charge >= 0.3 is 0 Å². The predicted octanol–water partition coefficient (Wildman–Crippen LogP) is 4.06. The van der Waals surface area contributed by atoms with Crippen molar-refractivity contribution in [3.63, 3.8) is 0 Å². The molecule has 33 heavy (non-hydrogen) atoms. The van der Waals surface area contributed by atoms with Crippen molar-refractivity contribution in [3.8, 4) is 5.88 Å². The van der Waals surface area contributed by atoms with Crippen molar-refractivity contribution >= 4 is 29.5 Å². The summed E-state index contributed by atoms with van der Waals surface area (Å²) in [5, 5.41) is 10.7. The van der Waals surface area contributed by atoms with E-state index in [0.717, 1.165) is 22.9 Å². The average molecular weight is 498 g/mol. The number of aliphatic hydroxyl groups excluding tert-OH is 1. The van der Waals surface area contributed by atoms with E-state index in [1.165, 1.54) is 24.1 Å². The minimum absolute atomic E-state index is 0.0210. The highest BCUT2D eigenvalue weighted by Crippen LogP contribution is 2.28. The summed E-state index contributed by atoms with van der Waals surface area (Å²) in [5.74, 6) is -1.04. The number of halogens is 2. The minimum atomic E-state index is -0.906. The summed E-state index contributed by atoms with van der Waals surface area (Å²) in [6, 6.07) is 5.61. The number of rotatable bonds is 12. The standard InChI is InChI=1S/C21H25F2N5O3S2/c1-13(2)30-10-15(9-29)31-18-7-17(27-33-19-8-28(3)12-24-19)25-21(26-18)32-11-14-5-4-6-16(22)20(14)23/h4-8,12-13,15,29H,9-11H2,1-3H3,(H,25,26,27)/t15-/m0/s1. The first kappa shape index (κ1) is 25.2. The van der Waals surface area contributed by atoms with Gasteiger partial charge in [0.05, 0.1) is 25.6 Å². The van der Waals surface area contributed by atoms with Gasteiger partial charge in [0.2, 0.25) is 5.88 Å². The molecule has 0 unspecified atom stereocenters. The van der Waals surface area contributed by atoms with E-state index in [9.17, 15) is 13.9 Å². The average Bonchev–Trinajstić information content (AvgIpc) is 3.21. The van der Waals surface area contributed by atoms with Crippen LogP contribution in [0.3, 0.4) is 0 Å². The van der Waals surface area contributed by atoms with Gasteiger partial charge in [-0.3, -0.25) is 0 Å². The van der Waals surface area contributed by atoms with Crippen LogP contribution in [-0.4, -0.2) is 50.0 Å². The summed E-state index contributed by atoms with van der Waals surface area (Å²) >= 11 is 2.38. The van der Waals surface area contributed by atoms with Crippen molar-refractivity contribution < 1.29 is 23.4 Å². The molecule has 2 N–H and O–H groups in total. The van der Waals surface area contributed by atoms with E-state index in [1.807, 2.05) is 31.7 Å². The van der Waals surface area contributed by atoms with Gasteiger partial charge in [0.15, 0.2) is 16.8 Å². The van der Waals surface area contributed by atoms with E-state index < -0.39 is 17.7 Å². The molecule has 1 atom stereocenters. The smallest absolute Gasteiger partial charge is 0.219 e.